The molecule has 0 radical (unpaired) electrons. The van der Waals surface area contributed by atoms with Crippen molar-refractivity contribution in [1.29, 1.82) is 0 Å². The zero-order valence-corrected chi connectivity index (χ0v) is 10.7. The van der Waals surface area contributed by atoms with Gasteiger partial charge in [-0.25, -0.2) is 0 Å². The minimum atomic E-state index is -0.681. The molecule has 0 aliphatic rings. The van der Waals surface area contributed by atoms with Crippen molar-refractivity contribution >= 4 is 0 Å². The molecule has 90 valence electrons. The Balaban J connectivity index is 2.54. The summed E-state index contributed by atoms with van der Waals surface area (Å²) in [6.07, 6.45) is 0.688. The molecule has 2 N–H and O–H groups in total. The molecule has 0 aliphatic heterocycles. The molecular weight excluding hydrogens is 198 g/mol. The maximum atomic E-state index is 10.2. The van der Waals surface area contributed by atoms with E-state index in [1.165, 1.54) is 11.1 Å². The van der Waals surface area contributed by atoms with Gasteiger partial charge >= 0.3 is 0 Å². The van der Waals surface area contributed by atoms with Crippen molar-refractivity contribution in [3.05, 3.63) is 35.4 Å². The molecule has 0 fully saturated rings. The van der Waals surface area contributed by atoms with Gasteiger partial charge in [0.15, 0.2) is 0 Å². The summed E-state index contributed by atoms with van der Waals surface area (Å²) in [6, 6.07) is 8.74. The van der Waals surface area contributed by atoms with Gasteiger partial charge < -0.3 is 10.4 Å². The van der Waals surface area contributed by atoms with Gasteiger partial charge in [-0.3, -0.25) is 0 Å². The fraction of sp³-hybridized carbons (Fsp3) is 0.571. The molecule has 0 saturated carbocycles. The summed E-state index contributed by atoms with van der Waals surface area (Å²) in [4.78, 5) is 0. The van der Waals surface area contributed by atoms with Gasteiger partial charge in [-0.1, -0.05) is 43.7 Å². The molecule has 0 spiro atoms. The average molecular weight is 221 g/mol. The van der Waals surface area contributed by atoms with Crippen molar-refractivity contribution < 1.29 is 5.11 Å². The first-order valence-electron chi connectivity index (χ1n) is 5.90. The zero-order valence-electron chi connectivity index (χ0n) is 10.7. The van der Waals surface area contributed by atoms with Gasteiger partial charge in [-0.05, 0) is 19.4 Å². The molecule has 0 amide bonds. The van der Waals surface area contributed by atoms with Gasteiger partial charge in [0.2, 0.25) is 0 Å². The fourth-order valence-electron chi connectivity index (χ4n) is 1.63. The van der Waals surface area contributed by atoms with Gasteiger partial charge in [-0.15, -0.1) is 0 Å². The highest BCUT2D eigenvalue weighted by atomic mass is 16.3. The van der Waals surface area contributed by atoms with E-state index in [0.29, 0.717) is 19.0 Å². The predicted octanol–water partition coefficient (Wildman–Crippen LogP) is 2.29. The molecule has 2 heteroatoms. The van der Waals surface area contributed by atoms with Gasteiger partial charge in [0, 0.05) is 19.0 Å². The number of benzene rings is 1. The Hall–Kier alpha value is -0.860. The van der Waals surface area contributed by atoms with E-state index in [4.69, 9.17) is 0 Å². The quantitative estimate of drug-likeness (QED) is 0.799. The Morgan fingerprint density at radius 3 is 2.31 bits per heavy atom. The number of hydrogen-bond donors (Lipinski definition) is 2. The van der Waals surface area contributed by atoms with Crippen LogP contribution in [-0.4, -0.2) is 23.3 Å². The Bertz CT molecular complexity index is 314. The number of rotatable bonds is 5. The summed E-state index contributed by atoms with van der Waals surface area (Å²) in [5.74, 6) is 0. The third kappa shape index (κ3) is 4.77. The molecule has 16 heavy (non-hydrogen) atoms. The lowest BCUT2D eigenvalue weighted by Crippen LogP contribution is -2.42. The molecule has 1 atom stereocenters. The first kappa shape index (κ1) is 13.2. The zero-order chi connectivity index (χ0) is 12.2. The lowest BCUT2D eigenvalue weighted by atomic mass is 9.95. The van der Waals surface area contributed by atoms with Crippen LogP contribution in [0, 0.1) is 6.92 Å². The van der Waals surface area contributed by atoms with Crippen LogP contribution < -0.4 is 5.32 Å². The molecule has 0 bridgehead atoms. The van der Waals surface area contributed by atoms with Crippen LogP contribution in [-0.2, 0) is 6.42 Å². The molecule has 2 nitrogen and oxygen atoms in total. The van der Waals surface area contributed by atoms with Gasteiger partial charge in [0.1, 0.15) is 0 Å². The normalized spacial score (nSPS) is 15.1. The molecule has 1 rings (SSSR count). The molecule has 1 unspecified atom stereocenters. The number of aryl methyl sites for hydroxylation is 1. The monoisotopic (exact) mass is 221 g/mol. The van der Waals surface area contributed by atoms with Crippen LogP contribution >= 0.6 is 0 Å². The lowest BCUT2D eigenvalue weighted by Gasteiger charge is -2.25. The van der Waals surface area contributed by atoms with E-state index in [1.54, 1.807) is 0 Å². The van der Waals surface area contributed by atoms with E-state index in [1.807, 2.05) is 6.92 Å². The van der Waals surface area contributed by atoms with E-state index in [0.717, 1.165) is 0 Å². The Labute approximate surface area is 98.7 Å². The van der Waals surface area contributed by atoms with Crippen molar-refractivity contribution in [3.8, 4) is 0 Å². The van der Waals surface area contributed by atoms with Gasteiger partial charge in [-0.2, -0.15) is 0 Å². The van der Waals surface area contributed by atoms with Gasteiger partial charge in [0.25, 0.3) is 0 Å². The number of aliphatic hydroxyl groups is 1. The molecule has 0 aliphatic carbocycles. The SMILES string of the molecule is Cc1ccc(CC(C)(O)CNC(C)C)cc1. The first-order chi connectivity index (χ1) is 7.39. The van der Waals surface area contributed by atoms with E-state index in [2.05, 4.69) is 50.4 Å². The van der Waals surface area contributed by atoms with E-state index in [9.17, 15) is 5.11 Å². The smallest absolute Gasteiger partial charge is 0.0783 e. The molecule has 1 aromatic rings. The molecule has 0 aromatic heterocycles. The second-order valence-corrected chi connectivity index (χ2v) is 5.19. The van der Waals surface area contributed by atoms with Gasteiger partial charge in [0.05, 0.1) is 5.60 Å². The summed E-state index contributed by atoms with van der Waals surface area (Å²) in [6.45, 7) is 8.74. The highest BCUT2D eigenvalue weighted by Crippen LogP contribution is 2.13. The summed E-state index contributed by atoms with van der Waals surface area (Å²) < 4.78 is 0. The molecule has 1 aromatic carbocycles. The van der Waals surface area contributed by atoms with Crippen molar-refractivity contribution in [3.63, 3.8) is 0 Å². The summed E-state index contributed by atoms with van der Waals surface area (Å²) in [7, 11) is 0. The standard InChI is InChI=1S/C14H23NO/c1-11(2)15-10-14(4,16)9-13-7-5-12(3)6-8-13/h5-8,11,15-16H,9-10H2,1-4H3. The second-order valence-electron chi connectivity index (χ2n) is 5.19. The second kappa shape index (κ2) is 5.46. The Morgan fingerprint density at radius 2 is 1.81 bits per heavy atom. The van der Waals surface area contributed by atoms with Crippen LogP contribution in [0.4, 0.5) is 0 Å². The van der Waals surface area contributed by atoms with E-state index < -0.39 is 5.60 Å². The highest BCUT2D eigenvalue weighted by molar-refractivity contribution is 5.22. The van der Waals surface area contributed by atoms with E-state index >= 15 is 0 Å². The highest BCUT2D eigenvalue weighted by Gasteiger charge is 2.20. The minimum Gasteiger partial charge on any atom is -0.389 e. The first-order valence-corrected chi connectivity index (χ1v) is 5.90. The van der Waals surface area contributed by atoms with E-state index in [-0.39, 0.29) is 0 Å². The summed E-state index contributed by atoms with van der Waals surface area (Å²) in [5, 5.41) is 13.5. The van der Waals surface area contributed by atoms with Crippen LogP contribution in [0.25, 0.3) is 0 Å². The molecular formula is C14H23NO. The topological polar surface area (TPSA) is 32.3 Å². The number of nitrogens with one attached hydrogen (secondary N) is 1. The van der Waals surface area contributed by atoms with Crippen molar-refractivity contribution in [2.24, 2.45) is 0 Å². The van der Waals surface area contributed by atoms with Crippen LogP contribution in [0.15, 0.2) is 24.3 Å². The summed E-state index contributed by atoms with van der Waals surface area (Å²) >= 11 is 0. The maximum Gasteiger partial charge on any atom is 0.0783 e. The van der Waals surface area contributed by atoms with Crippen molar-refractivity contribution in [2.75, 3.05) is 6.54 Å². The predicted molar refractivity (Wildman–Crippen MR) is 68.6 cm³/mol. The maximum absolute atomic E-state index is 10.2. The number of hydrogen-bond acceptors (Lipinski definition) is 2. The average Bonchev–Trinajstić information content (AvgIpc) is 2.19. The largest absolute Gasteiger partial charge is 0.389 e. The van der Waals surface area contributed by atoms with Crippen LogP contribution in [0.2, 0.25) is 0 Å². The van der Waals surface area contributed by atoms with Crippen LogP contribution in [0.1, 0.15) is 31.9 Å². The Morgan fingerprint density at radius 1 is 1.25 bits per heavy atom. The van der Waals surface area contributed by atoms with Crippen LogP contribution in [0.5, 0.6) is 0 Å². The summed E-state index contributed by atoms with van der Waals surface area (Å²) in [5.41, 5.74) is 1.75. The Kier molecular flexibility index (Phi) is 4.51. The van der Waals surface area contributed by atoms with Crippen molar-refractivity contribution in [2.45, 2.75) is 45.8 Å². The third-order valence-electron chi connectivity index (χ3n) is 2.60. The minimum absolute atomic E-state index is 0.407. The molecule has 0 saturated heterocycles. The third-order valence-corrected chi connectivity index (χ3v) is 2.60. The van der Waals surface area contributed by atoms with Crippen LogP contribution in [0.3, 0.4) is 0 Å². The fourth-order valence-corrected chi connectivity index (χ4v) is 1.63. The lowest BCUT2D eigenvalue weighted by molar-refractivity contribution is 0.0581. The molecule has 0 heterocycles. The van der Waals surface area contributed by atoms with Crippen molar-refractivity contribution in [1.82, 2.24) is 5.32 Å².